The van der Waals surface area contributed by atoms with Gasteiger partial charge in [0.1, 0.15) is 4.90 Å². The number of benzene rings is 2. The van der Waals surface area contributed by atoms with Gasteiger partial charge in [0.2, 0.25) is 15.9 Å². The second-order valence-electron chi connectivity index (χ2n) is 6.04. The van der Waals surface area contributed by atoms with E-state index in [1.165, 1.54) is 18.2 Å². The minimum atomic E-state index is -4.13. The van der Waals surface area contributed by atoms with Crippen LogP contribution >= 0.6 is 0 Å². The van der Waals surface area contributed by atoms with E-state index < -0.39 is 15.8 Å². The number of rotatable bonds is 5. The van der Waals surface area contributed by atoms with E-state index in [1.54, 1.807) is 0 Å². The number of nitrogens with zero attached hydrogens (tertiary/aromatic N) is 2. The van der Waals surface area contributed by atoms with Crippen LogP contribution in [0.3, 0.4) is 0 Å². The fourth-order valence-electron chi connectivity index (χ4n) is 2.54. The first-order valence-electron chi connectivity index (χ1n) is 7.95. The molecule has 140 valence electrons. The Balaban J connectivity index is 1.86. The monoisotopic (exact) mass is 388 g/mol. The molecule has 7 nitrogen and oxygen atoms in total. The molecular weight excluding hydrogens is 371 g/mol. The minimum absolute atomic E-state index is 0.0814. The number of aromatic nitrogens is 2. The molecule has 1 heterocycles. The molecule has 3 rings (SSSR count). The van der Waals surface area contributed by atoms with Crippen molar-refractivity contribution in [3.8, 4) is 5.69 Å². The van der Waals surface area contributed by atoms with Crippen molar-refractivity contribution in [2.75, 3.05) is 5.32 Å². The number of anilines is 1. The molecule has 0 spiro atoms. The Kier molecular flexibility index (Phi) is 5.06. The van der Waals surface area contributed by atoms with E-state index in [9.17, 15) is 17.6 Å². The summed E-state index contributed by atoms with van der Waals surface area (Å²) in [5.74, 6) is -0.928. The van der Waals surface area contributed by atoms with Crippen LogP contribution in [0.4, 0.5) is 10.1 Å². The van der Waals surface area contributed by atoms with Crippen LogP contribution < -0.4 is 10.5 Å². The largest absolute Gasteiger partial charge is 0.326 e. The van der Waals surface area contributed by atoms with Gasteiger partial charge in [-0.2, -0.15) is 5.10 Å². The van der Waals surface area contributed by atoms with Crippen molar-refractivity contribution in [3.63, 3.8) is 0 Å². The number of hydrogen-bond acceptors (Lipinski definition) is 4. The first-order valence-corrected chi connectivity index (χ1v) is 9.50. The Morgan fingerprint density at radius 1 is 1.22 bits per heavy atom. The summed E-state index contributed by atoms with van der Waals surface area (Å²) < 4.78 is 38.1. The summed E-state index contributed by atoms with van der Waals surface area (Å²) in [5, 5.41) is 11.7. The number of aryl methyl sites for hydroxylation is 1. The van der Waals surface area contributed by atoms with Gasteiger partial charge in [-0.15, -0.1) is 0 Å². The maximum absolute atomic E-state index is 13.2. The molecular formula is C18H17FN4O3S. The second kappa shape index (κ2) is 7.29. The smallest absolute Gasteiger partial charge is 0.240 e. The molecule has 0 radical (unpaired) electrons. The molecule has 3 aromatic rings. The zero-order valence-electron chi connectivity index (χ0n) is 14.4. The van der Waals surface area contributed by atoms with Gasteiger partial charge in [-0.05, 0) is 30.7 Å². The van der Waals surface area contributed by atoms with Crippen molar-refractivity contribution in [2.45, 2.75) is 18.2 Å². The Labute approximate surface area is 155 Å². The quantitative estimate of drug-likeness (QED) is 0.698. The number of carbonyl (C=O) groups excluding carboxylic acids is 1. The van der Waals surface area contributed by atoms with Gasteiger partial charge in [0.25, 0.3) is 0 Å². The summed E-state index contributed by atoms with van der Waals surface area (Å²) in [6, 6.07) is 11.6. The Morgan fingerprint density at radius 2 is 1.93 bits per heavy atom. The standard InChI is InChI=1S/C18H17FN4O3S/c1-12-2-4-13(5-3-12)8-18(24)22-15-6-7-16(17(9-15)27(20,25)26)23-11-14(19)10-21-23/h2-7,9-11H,8H2,1H3,(H,22,24)(H2,20,25,26). The van der Waals surface area contributed by atoms with Crippen LogP contribution in [0.15, 0.2) is 59.8 Å². The van der Waals surface area contributed by atoms with Crippen LogP contribution in [0.25, 0.3) is 5.69 Å². The Bertz CT molecular complexity index is 1090. The summed E-state index contributed by atoms with van der Waals surface area (Å²) in [4.78, 5) is 11.9. The van der Waals surface area contributed by atoms with Gasteiger partial charge in [-0.1, -0.05) is 29.8 Å². The molecule has 0 aliphatic heterocycles. The molecule has 0 aliphatic rings. The third-order valence-electron chi connectivity index (χ3n) is 3.83. The van der Waals surface area contributed by atoms with Crippen LogP contribution in [0.2, 0.25) is 0 Å². The first-order chi connectivity index (χ1) is 12.7. The van der Waals surface area contributed by atoms with Gasteiger partial charge in [-0.25, -0.2) is 22.6 Å². The molecule has 9 heteroatoms. The van der Waals surface area contributed by atoms with E-state index in [2.05, 4.69) is 10.4 Å². The topological polar surface area (TPSA) is 107 Å². The summed E-state index contributed by atoms with van der Waals surface area (Å²) in [6.45, 7) is 1.95. The molecule has 27 heavy (non-hydrogen) atoms. The zero-order valence-corrected chi connectivity index (χ0v) is 15.2. The van der Waals surface area contributed by atoms with E-state index >= 15 is 0 Å². The number of halogens is 1. The maximum atomic E-state index is 13.2. The first kappa shape index (κ1) is 18.7. The summed E-state index contributed by atoms with van der Waals surface area (Å²) in [7, 11) is -4.13. The third kappa shape index (κ3) is 4.57. The van der Waals surface area contributed by atoms with Crippen LogP contribution in [0.5, 0.6) is 0 Å². The summed E-state index contributed by atoms with van der Waals surface area (Å²) in [5.41, 5.74) is 2.25. The van der Waals surface area contributed by atoms with Gasteiger partial charge in [0.15, 0.2) is 5.82 Å². The van der Waals surface area contributed by atoms with Crippen molar-refractivity contribution in [3.05, 3.63) is 71.8 Å². The van der Waals surface area contributed by atoms with Crippen molar-refractivity contribution in [1.82, 2.24) is 9.78 Å². The van der Waals surface area contributed by atoms with Gasteiger partial charge >= 0.3 is 0 Å². The van der Waals surface area contributed by atoms with Crippen LogP contribution in [-0.4, -0.2) is 24.1 Å². The van der Waals surface area contributed by atoms with Gasteiger partial charge in [-0.3, -0.25) is 4.79 Å². The van der Waals surface area contributed by atoms with E-state index in [1.807, 2.05) is 31.2 Å². The highest BCUT2D eigenvalue weighted by Crippen LogP contribution is 2.23. The molecule has 1 aromatic heterocycles. The van der Waals surface area contributed by atoms with Gasteiger partial charge < -0.3 is 5.32 Å². The van der Waals surface area contributed by atoms with Crippen molar-refractivity contribution >= 4 is 21.6 Å². The number of amides is 1. The highest BCUT2D eigenvalue weighted by atomic mass is 32.2. The zero-order chi connectivity index (χ0) is 19.6. The van der Waals surface area contributed by atoms with Crippen LogP contribution in [-0.2, 0) is 21.2 Å². The van der Waals surface area contributed by atoms with E-state index in [0.29, 0.717) is 0 Å². The number of nitrogens with two attached hydrogens (primary N) is 1. The molecule has 0 saturated carbocycles. The summed E-state index contributed by atoms with van der Waals surface area (Å²) in [6.07, 6.45) is 2.11. The molecule has 0 fully saturated rings. The minimum Gasteiger partial charge on any atom is -0.326 e. The number of primary sulfonamides is 1. The van der Waals surface area contributed by atoms with E-state index in [4.69, 9.17) is 5.14 Å². The van der Waals surface area contributed by atoms with Crippen molar-refractivity contribution in [2.24, 2.45) is 5.14 Å². The molecule has 0 aliphatic carbocycles. The molecule has 0 bridgehead atoms. The molecule has 0 unspecified atom stereocenters. The van der Waals surface area contributed by atoms with Gasteiger partial charge in [0.05, 0.1) is 24.5 Å². The lowest BCUT2D eigenvalue weighted by Crippen LogP contribution is -2.18. The highest BCUT2D eigenvalue weighted by Gasteiger charge is 2.18. The average molecular weight is 388 g/mol. The predicted molar refractivity (Wildman–Crippen MR) is 98.4 cm³/mol. The molecule has 0 saturated heterocycles. The van der Waals surface area contributed by atoms with E-state index in [-0.39, 0.29) is 28.6 Å². The maximum Gasteiger partial charge on any atom is 0.240 e. The Morgan fingerprint density at radius 3 is 2.52 bits per heavy atom. The lowest BCUT2D eigenvalue weighted by atomic mass is 10.1. The third-order valence-corrected chi connectivity index (χ3v) is 4.77. The second-order valence-corrected chi connectivity index (χ2v) is 7.57. The predicted octanol–water partition coefficient (Wildman–Crippen LogP) is 2.15. The molecule has 3 N–H and O–H groups in total. The molecule has 1 amide bonds. The van der Waals surface area contributed by atoms with Crippen LogP contribution in [0.1, 0.15) is 11.1 Å². The molecule has 0 atom stereocenters. The van der Waals surface area contributed by atoms with E-state index in [0.717, 1.165) is 28.2 Å². The number of hydrogen-bond donors (Lipinski definition) is 2. The fourth-order valence-corrected chi connectivity index (χ4v) is 3.28. The van der Waals surface area contributed by atoms with Crippen molar-refractivity contribution in [1.29, 1.82) is 0 Å². The number of carbonyl (C=O) groups is 1. The molecule has 2 aromatic carbocycles. The SMILES string of the molecule is Cc1ccc(CC(=O)Nc2ccc(-n3cc(F)cn3)c(S(N)(=O)=O)c2)cc1. The van der Waals surface area contributed by atoms with Crippen LogP contribution in [0, 0.1) is 12.7 Å². The van der Waals surface area contributed by atoms with Crippen molar-refractivity contribution < 1.29 is 17.6 Å². The number of nitrogens with one attached hydrogen (secondary N) is 1. The Hall–Kier alpha value is -3.04. The van der Waals surface area contributed by atoms with Gasteiger partial charge in [0, 0.05) is 5.69 Å². The lowest BCUT2D eigenvalue weighted by molar-refractivity contribution is -0.115. The summed E-state index contributed by atoms with van der Waals surface area (Å²) >= 11 is 0. The number of sulfonamides is 1. The fraction of sp³-hybridized carbons (Fsp3) is 0.111. The average Bonchev–Trinajstić information content (AvgIpc) is 3.02. The lowest BCUT2D eigenvalue weighted by Gasteiger charge is -2.11. The highest BCUT2D eigenvalue weighted by molar-refractivity contribution is 7.89. The normalized spacial score (nSPS) is 11.4.